The summed E-state index contributed by atoms with van der Waals surface area (Å²) in [6.07, 6.45) is 3.14. The molecule has 2 N–H and O–H groups in total. The van der Waals surface area contributed by atoms with E-state index in [9.17, 15) is 14.9 Å². The molecular formula is C25H21N7O4. The Hall–Kier alpha value is -5.06. The number of anilines is 2. The number of hydrogen-bond donors (Lipinski definition) is 2. The highest BCUT2D eigenvalue weighted by atomic mass is 16.6. The summed E-state index contributed by atoms with van der Waals surface area (Å²) in [5.74, 6) is 1.07. The minimum atomic E-state index is -0.773. The molecule has 1 amide bonds. The number of nitrogens with one attached hydrogen (secondary N) is 2. The summed E-state index contributed by atoms with van der Waals surface area (Å²) in [6.45, 7) is 1.76. The van der Waals surface area contributed by atoms with Gasteiger partial charge in [0.1, 0.15) is 11.8 Å². The molecule has 4 aromatic rings. The fourth-order valence-electron chi connectivity index (χ4n) is 4.08. The summed E-state index contributed by atoms with van der Waals surface area (Å²) in [6, 6.07) is 16.1. The number of hydrogen-bond acceptors (Lipinski definition) is 8. The fourth-order valence-corrected chi connectivity index (χ4v) is 4.08. The van der Waals surface area contributed by atoms with Crippen LogP contribution in [0, 0.1) is 10.1 Å². The van der Waals surface area contributed by atoms with Crippen molar-refractivity contribution in [2.24, 2.45) is 0 Å². The first kappa shape index (κ1) is 22.7. The van der Waals surface area contributed by atoms with Gasteiger partial charge in [-0.05, 0) is 36.8 Å². The van der Waals surface area contributed by atoms with Gasteiger partial charge in [-0.3, -0.25) is 19.9 Å². The van der Waals surface area contributed by atoms with Crippen LogP contribution in [-0.2, 0) is 4.79 Å². The number of nitro groups is 1. The number of nitro benzene ring substituents is 1. The minimum Gasteiger partial charge on any atom is -0.497 e. The summed E-state index contributed by atoms with van der Waals surface area (Å²) >= 11 is 0. The molecule has 0 fully saturated rings. The maximum Gasteiger partial charge on any atom is 0.269 e. The fraction of sp³-hybridized carbons (Fsp3) is 0.120. The van der Waals surface area contributed by atoms with Crippen molar-refractivity contribution in [3.63, 3.8) is 0 Å². The number of allylic oxidation sites excluding steroid dienone is 1. The third-order valence-electron chi connectivity index (χ3n) is 5.74. The summed E-state index contributed by atoms with van der Waals surface area (Å²) < 4.78 is 6.89. The molecule has 0 spiro atoms. The van der Waals surface area contributed by atoms with E-state index >= 15 is 0 Å². The molecule has 1 aliphatic rings. The van der Waals surface area contributed by atoms with Crippen LogP contribution >= 0.6 is 0 Å². The van der Waals surface area contributed by atoms with E-state index in [0.29, 0.717) is 40.0 Å². The zero-order valence-corrected chi connectivity index (χ0v) is 19.4. The number of amides is 1. The van der Waals surface area contributed by atoms with E-state index in [0.717, 1.165) is 5.56 Å². The van der Waals surface area contributed by atoms with Crippen LogP contribution in [0.2, 0.25) is 0 Å². The molecule has 5 rings (SSSR count). The molecule has 11 nitrogen and oxygen atoms in total. The Kier molecular flexibility index (Phi) is 5.87. The summed E-state index contributed by atoms with van der Waals surface area (Å²) in [5, 5.41) is 22.2. The lowest BCUT2D eigenvalue weighted by molar-refractivity contribution is -0.384. The highest BCUT2D eigenvalue weighted by Crippen LogP contribution is 2.38. The SMILES string of the molecule is COc1cccc(-c2nc3n(n2)C(c2cccc([N+](=O)[O-])c2)C(C(=O)Nc2cccnc2)=C(C)N3)c1. The van der Waals surface area contributed by atoms with Crippen molar-refractivity contribution >= 4 is 23.2 Å². The van der Waals surface area contributed by atoms with Crippen LogP contribution in [0.15, 0.2) is 84.3 Å². The Morgan fingerprint density at radius 2 is 2.00 bits per heavy atom. The van der Waals surface area contributed by atoms with E-state index in [1.54, 1.807) is 55.2 Å². The first-order valence-electron chi connectivity index (χ1n) is 11.0. The van der Waals surface area contributed by atoms with Gasteiger partial charge in [0.25, 0.3) is 11.6 Å². The Morgan fingerprint density at radius 3 is 2.75 bits per heavy atom. The molecule has 1 aliphatic heterocycles. The third-order valence-corrected chi connectivity index (χ3v) is 5.74. The zero-order valence-electron chi connectivity index (χ0n) is 19.4. The Bertz CT molecular complexity index is 1500. The van der Waals surface area contributed by atoms with E-state index < -0.39 is 16.9 Å². The van der Waals surface area contributed by atoms with Crippen molar-refractivity contribution in [2.75, 3.05) is 17.7 Å². The third kappa shape index (κ3) is 4.25. The van der Waals surface area contributed by atoms with Crippen LogP contribution in [0.1, 0.15) is 18.5 Å². The first-order valence-corrected chi connectivity index (χ1v) is 11.0. The number of rotatable bonds is 6. The van der Waals surface area contributed by atoms with E-state index in [-0.39, 0.29) is 5.69 Å². The Balaban J connectivity index is 1.63. The van der Waals surface area contributed by atoms with Gasteiger partial charge in [0.05, 0.1) is 29.5 Å². The maximum atomic E-state index is 13.5. The molecule has 0 saturated heterocycles. The largest absolute Gasteiger partial charge is 0.497 e. The monoisotopic (exact) mass is 483 g/mol. The normalized spacial score (nSPS) is 14.6. The number of carbonyl (C=O) groups is 1. The molecule has 2 aromatic heterocycles. The second-order valence-electron chi connectivity index (χ2n) is 8.05. The average molecular weight is 483 g/mol. The maximum absolute atomic E-state index is 13.5. The average Bonchev–Trinajstić information content (AvgIpc) is 3.32. The van der Waals surface area contributed by atoms with Gasteiger partial charge < -0.3 is 15.4 Å². The van der Waals surface area contributed by atoms with Gasteiger partial charge in [-0.15, -0.1) is 5.10 Å². The van der Waals surface area contributed by atoms with Crippen molar-refractivity contribution in [1.82, 2.24) is 19.7 Å². The topological polar surface area (TPSA) is 137 Å². The van der Waals surface area contributed by atoms with Gasteiger partial charge in [-0.2, -0.15) is 4.98 Å². The molecule has 2 aromatic carbocycles. The molecular weight excluding hydrogens is 462 g/mol. The number of non-ortho nitro benzene ring substituents is 1. The van der Waals surface area contributed by atoms with Crippen molar-refractivity contribution in [3.8, 4) is 17.1 Å². The summed E-state index contributed by atoms with van der Waals surface area (Å²) in [5.41, 5.74) is 2.55. The molecule has 0 radical (unpaired) electrons. The number of fused-ring (bicyclic) bond motifs is 1. The standard InChI is InChI=1S/C25H21N7O4/c1-15-21(24(33)28-18-8-5-11-26-14-18)22(16-6-3-9-19(12-16)32(34)35)31-25(27-15)29-23(30-31)17-7-4-10-20(13-17)36-2/h3-14,22H,1-2H3,(H,28,33)(H,27,29,30). The quantitative estimate of drug-likeness (QED) is 0.308. The smallest absolute Gasteiger partial charge is 0.269 e. The molecule has 0 aliphatic carbocycles. The Morgan fingerprint density at radius 1 is 1.17 bits per heavy atom. The molecule has 36 heavy (non-hydrogen) atoms. The number of benzene rings is 2. The van der Waals surface area contributed by atoms with E-state index in [4.69, 9.17) is 9.84 Å². The molecule has 11 heteroatoms. The zero-order chi connectivity index (χ0) is 25.2. The molecule has 1 atom stereocenters. The Labute approximate surface area is 205 Å². The molecule has 1 unspecified atom stereocenters. The lowest BCUT2D eigenvalue weighted by Crippen LogP contribution is -2.31. The predicted octanol–water partition coefficient (Wildman–Crippen LogP) is 4.18. The number of nitrogens with zero attached hydrogens (tertiary/aromatic N) is 5. The second kappa shape index (κ2) is 9.29. The van der Waals surface area contributed by atoms with Crippen LogP contribution in [0.5, 0.6) is 5.75 Å². The van der Waals surface area contributed by atoms with Gasteiger partial charge in [-0.25, -0.2) is 4.68 Å². The predicted molar refractivity (Wildman–Crippen MR) is 132 cm³/mol. The number of ether oxygens (including phenoxy) is 1. The number of aromatic nitrogens is 4. The highest BCUT2D eigenvalue weighted by Gasteiger charge is 2.35. The van der Waals surface area contributed by atoms with Crippen LogP contribution in [0.25, 0.3) is 11.4 Å². The molecule has 3 heterocycles. The number of methoxy groups -OCH3 is 1. The van der Waals surface area contributed by atoms with E-state index in [1.807, 2.05) is 18.2 Å². The van der Waals surface area contributed by atoms with Gasteiger partial charge >= 0.3 is 0 Å². The molecule has 0 bridgehead atoms. The van der Waals surface area contributed by atoms with E-state index in [1.165, 1.54) is 18.3 Å². The number of pyridine rings is 1. The minimum absolute atomic E-state index is 0.0922. The molecule has 180 valence electrons. The molecule has 0 saturated carbocycles. The van der Waals surface area contributed by atoms with Crippen LogP contribution in [-0.4, -0.2) is 37.7 Å². The van der Waals surface area contributed by atoms with Crippen LogP contribution in [0.4, 0.5) is 17.3 Å². The van der Waals surface area contributed by atoms with E-state index in [2.05, 4.69) is 20.6 Å². The van der Waals surface area contributed by atoms with Gasteiger partial charge in [0.15, 0.2) is 5.82 Å². The van der Waals surface area contributed by atoms with Crippen molar-refractivity contribution in [3.05, 3.63) is 100 Å². The van der Waals surface area contributed by atoms with Crippen molar-refractivity contribution in [1.29, 1.82) is 0 Å². The van der Waals surface area contributed by atoms with Crippen molar-refractivity contribution in [2.45, 2.75) is 13.0 Å². The highest BCUT2D eigenvalue weighted by molar-refractivity contribution is 6.06. The summed E-state index contributed by atoms with van der Waals surface area (Å²) in [4.78, 5) is 33.2. The number of carbonyl (C=O) groups excluding carboxylic acids is 1. The first-order chi connectivity index (χ1) is 17.4. The van der Waals surface area contributed by atoms with Crippen LogP contribution < -0.4 is 15.4 Å². The lowest BCUT2D eigenvalue weighted by Gasteiger charge is -2.28. The summed E-state index contributed by atoms with van der Waals surface area (Å²) in [7, 11) is 1.57. The van der Waals surface area contributed by atoms with Gasteiger partial charge in [0, 0.05) is 29.6 Å². The lowest BCUT2D eigenvalue weighted by atomic mass is 9.94. The van der Waals surface area contributed by atoms with Crippen molar-refractivity contribution < 1.29 is 14.5 Å². The van der Waals surface area contributed by atoms with Crippen LogP contribution in [0.3, 0.4) is 0 Å². The second-order valence-corrected chi connectivity index (χ2v) is 8.05. The van der Waals surface area contributed by atoms with Gasteiger partial charge in [-0.1, -0.05) is 24.3 Å². The van der Waals surface area contributed by atoms with Gasteiger partial charge in [0.2, 0.25) is 5.95 Å².